The number of allylic oxidation sites excluding steroid dienone is 4. The molecule has 0 unspecified atom stereocenters. The van der Waals surface area contributed by atoms with Crippen molar-refractivity contribution in [2.24, 2.45) is 29.6 Å². The molecule has 5 aliphatic carbocycles. The van der Waals surface area contributed by atoms with Crippen molar-refractivity contribution in [2.75, 3.05) is 0 Å². The van der Waals surface area contributed by atoms with Gasteiger partial charge < -0.3 is 0 Å². The molecule has 0 aromatic rings. The Balaban J connectivity index is 1.70. The summed E-state index contributed by atoms with van der Waals surface area (Å²) in [4.78, 5) is 0. The molecule has 1 heteroatoms. The van der Waals surface area contributed by atoms with Crippen molar-refractivity contribution in [3.8, 4) is 0 Å². The molecule has 0 aliphatic heterocycles. The first kappa shape index (κ1) is 10.0. The summed E-state index contributed by atoms with van der Waals surface area (Å²) in [5, 5.41) is 0. The van der Waals surface area contributed by atoms with Gasteiger partial charge in [0.1, 0.15) is 0 Å². The minimum atomic E-state index is 0.964. The molecule has 4 fully saturated rings. The van der Waals surface area contributed by atoms with Crippen molar-refractivity contribution in [1.29, 1.82) is 0 Å². The van der Waals surface area contributed by atoms with Gasteiger partial charge in [0.2, 0.25) is 0 Å². The average molecular weight is 206 g/mol. The fourth-order valence-electron chi connectivity index (χ4n) is 5.45. The molecule has 0 heterocycles. The van der Waals surface area contributed by atoms with Crippen LogP contribution < -0.4 is 0 Å². The van der Waals surface area contributed by atoms with Crippen molar-refractivity contribution in [3.63, 3.8) is 0 Å². The summed E-state index contributed by atoms with van der Waals surface area (Å²) >= 11 is 2.36. The molecule has 0 N–H and O–H groups in total. The van der Waals surface area contributed by atoms with Crippen LogP contribution in [-0.4, -0.2) is 17.7 Å². The van der Waals surface area contributed by atoms with Crippen LogP contribution in [-0.2, 0) is 0 Å². The Kier molecular flexibility index (Phi) is 2.22. The van der Waals surface area contributed by atoms with Gasteiger partial charge in [-0.3, -0.25) is 0 Å². The van der Waals surface area contributed by atoms with E-state index in [1.54, 1.807) is 41.9 Å². The van der Waals surface area contributed by atoms with E-state index < -0.39 is 0 Å². The summed E-state index contributed by atoms with van der Waals surface area (Å²) in [6.45, 7) is 0. The normalized spacial score (nSPS) is 49.5. The monoisotopic (exact) mass is 206 g/mol. The van der Waals surface area contributed by atoms with Gasteiger partial charge in [-0.2, -0.15) is 0 Å². The standard InChI is InChI=1S/C15H19.Li/c1-2-4-12(3-1)15-13-6-10-5-11(8-13)9-14(15)7-10;/h1,3,10-11,13-15H,2,5-9H2;. The van der Waals surface area contributed by atoms with Crippen LogP contribution in [0.4, 0.5) is 0 Å². The van der Waals surface area contributed by atoms with Gasteiger partial charge in [0.25, 0.3) is 0 Å². The zero-order chi connectivity index (χ0) is 10.7. The van der Waals surface area contributed by atoms with Gasteiger partial charge in [0, 0.05) is 0 Å². The minimum absolute atomic E-state index is 0.964. The van der Waals surface area contributed by atoms with E-state index in [0.717, 1.165) is 29.6 Å². The molecule has 4 saturated carbocycles. The molecule has 0 atom stereocenters. The molecular formula is C15H19Li. The summed E-state index contributed by atoms with van der Waals surface area (Å²) < 4.78 is 1.68. The van der Waals surface area contributed by atoms with Crippen LogP contribution in [0.2, 0.25) is 0 Å². The van der Waals surface area contributed by atoms with Crippen LogP contribution in [0, 0.1) is 29.6 Å². The molecule has 0 aromatic heterocycles. The van der Waals surface area contributed by atoms with Crippen LogP contribution in [0.25, 0.3) is 0 Å². The second-order valence-electron chi connectivity index (χ2n) is 6.80. The van der Waals surface area contributed by atoms with E-state index in [2.05, 4.69) is 29.9 Å². The maximum atomic E-state index is 2.46. The van der Waals surface area contributed by atoms with E-state index in [4.69, 9.17) is 0 Å². The zero-order valence-corrected chi connectivity index (χ0v) is 10.3. The fraction of sp³-hybridized carbons (Fsp3) is 0.733. The molecule has 5 aliphatic rings. The van der Waals surface area contributed by atoms with E-state index in [9.17, 15) is 0 Å². The second-order valence-corrected chi connectivity index (χ2v) is 6.80. The quantitative estimate of drug-likeness (QED) is 0.576. The molecule has 4 bridgehead atoms. The topological polar surface area (TPSA) is 0 Å². The molecule has 0 radical (unpaired) electrons. The van der Waals surface area contributed by atoms with Crippen molar-refractivity contribution in [1.82, 2.24) is 0 Å². The Labute approximate surface area is 108 Å². The van der Waals surface area contributed by atoms with Crippen LogP contribution in [0.5, 0.6) is 0 Å². The van der Waals surface area contributed by atoms with Crippen LogP contribution in [0.3, 0.4) is 0 Å². The predicted molar refractivity (Wildman–Crippen MR) is 67.1 cm³/mol. The summed E-state index contributed by atoms with van der Waals surface area (Å²) in [5.74, 6) is 5.31. The summed E-state index contributed by atoms with van der Waals surface area (Å²) in [5.41, 5.74) is 1.76. The maximum absolute atomic E-state index is 2.46. The number of rotatable bonds is 1. The Bertz CT molecular complexity index is 349. The average Bonchev–Trinajstić information content (AvgIpc) is 2.63. The van der Waals surface area contributed by atoms with E-state index in [1.165, 1.54) is 6.42 Å². The molecule has 0 saturated heterocycles. The number of hydrogen-bond donors (Lipinski definition) is 0. The van der Waals surface area contributed by atoms with Gasteiger partial charge >= 0.3 is 108 Å². The SMILES string of the molecule is [Li][C]1=C(C2C3CC4CC(C3)CC2C4)C=CC1. The second kappa shape index (κ2) is 3.53. The molecule has 16 heavy (non-hydrogen) atoms. The van der Waals surface area contributed by atoms with Gasteiger partial charge in [0.05, 0.1) is 0 Å². The van der Waals surface area contributed by atoms with Gasteiger partial charge in [-0.25, -0.2) is 0 Å². The zero-order valence-electron chi connectivity index (χ0n) is 10.3. The Hall–Kier alpha value is 0.0774. The van der Waals surface area contributed by atoms with Crippen molar-refractivity contribution >= 4 is 17.7 Å². The van der Waals surface area contributed by atoms with Gasteiger partial charge in [-0.05, 0) is 0 Å². The first-order valence-electron chi connectivity index (χ1n) is 7.17. The Morgan fingerprint density at radius 1 is 0.938 bits per heavy atom. The Morgan fingerprint density at radius 3 is 2.06 bits per heavy atom. The van der Waals surface area contributed by atoms with E-state index >= 15 is 0 Å². The molecule has 0 spiro atoms. The molecule has 0 aromatic carbocycles. The molecule has 5 rings (SSSR count). The third-order valence-electron chi connectivity index (χ3n) is 5.80. The van der Waals surface area contributed by atoms with Gasteiger partial charge in [-0.15, -0.1) is 0 Å². The number of hydrogen-bond acceptors (Lipinski definition) is 0. The van der Waals surface area contributed by atoms with Crippen molar-refractivity contribution in [2.45, 2.75) is 38.5 Å². The van der Waals surface area contributed by atoms with Crippen LogP contribution in [0.1, 0.15) is 38.5 Å². The van der Waals surface area contributed by atoms with E-state index in [-0.39, 0.29) is 0 Å². The molecule has 0 nitrogen and oxygen atoms in total. The van der Waals surface area contributed by atoms with Gasteiger partial charge in [-0.1, -0.05) is 0 Å². The van der Waals surface area contributed by atoms with E-state index in [1.807, 2.05) is 0 Å². The van der Waals surface area contributed by atoms with Crippen LogP contribution >= 0.6 is 0 Å². The third-order valence-corrected chi connectivity index (χ3v) is 5.80. The summed E-state index contributed by atoms with van der Waals surface area (Å²) in [6.07, 6.45) is 13.9. The molecule has 0 amide bonds. The van der Waals surface area contributed by atoms with Gasteiger partial charge in [0.15, 0.2) is 0 Å². The summed E-state index contributed by atoms with van der Waals surface area (Å²) in [7, 11) is 0. The first-order chi connectivity index (χ1) is 7.81. The van der Waals surface area contributed by atoms with Crippen LogP contribution in [0.15, 0.2) is 22.0 Å². The van der Waals surface area contributed by atoms with Crippen molar-refractivity contribution < 1.29 is 0 Å². The third kappa shape index (κ3) is 1.36. The first-order valence-corrected chi connectivity index (χ1v) is 7.17. The van der Waals surface area contributed by atoms with E-state index in [0.29, 0.717) is 0 Å². The van der Waals surface area contributed by atoms with Crippen molar-refractivity contribution in [3.05, 3.63) is 22.0 Å². The Morgan fingerprint density at radius 2 is 1.56 bits per heavy atom. The summed E-state index contributed by atoms with van der Waals surface area (Å²) in [6, 6.07) is 0. The predicted octanol–water partition coefficient (Wildman–Crippen LogP) is 3.44. The molecule has 80 valence electrons. The molecular weight excluding hydrogens is 187 g/mol. The fourth-order valence-corrected chi connectivity index (χ4v) is 5.45.